The monoisotopic (exact) mass is 331 g/mol. The average molecular weight is 331 g/mol. The summed E-state index contributed by atoms with van der Waals surface area (Å²) in [6.07, 6.45) is -4.81. The summed E-state index contributed by atoms with van der Waals surface area (Å²) in [4.78, 5) is 0. The average Bonchev–Trinajstić information content (AvgIpc) is 2.07. The molecule has 0 aromatic carbocycles. The highest BCUT2D eigenvalue weighted by molar-refractivity contribution is 7.97. The Balaban J connectivity index is 4.93. The molecule has 0 saturated heterocycles. The van der Waals surface area contributed by atoms with Crippen LogP contribution in [0.4, 0.5) is 13.2 Å². The lowest BCUT2D eigenvalue weighted by atomic mass is 9.88. The maximum absolute atomic E-state index is 13.0. The van der Waals surface area contributed by atoms with E-state index >= 15 is 0 Å². The molecule has 2 unspecified atom stereocenters. The second kappa shape index (κ2) is 6.46. The van der Waals surface area contributed by atoms with Crippen LogP contribution in [0.3, 0.4) is 0 Å². The molecule has 0 aliphatic rings. The van der Waals surface area contributed by atoms with Crippen LogP contribution < -0.4 is 0 Å². The fourth-order valence-electron chi connectivity index (χ4n) is 2.20. The van der Waals surface area contributed by atoms with Crippen molar-refractivity contribution in [2.45, 2.75) is 59.4 Å². The van der Waals surface area contributed by atoms with Crippen molar-refractivity contribution in [1.29, 1.82) is 0 Å². The number of hydrogen-bond donors (Lipinski definition) is 0. The number of ether oxygens (including phenoxy) is 1. The molecule has 0 aliphatic heterocycles. The van der Waals surface area contributed by atoms with Gasteiger partial charge in [-0.3, -0.25) is 4.21 Å². The summed E-state index contributed by atoms with van der Waals surface area (Å²) in [6, 6.07) is 0. The van der Waals surface area contributed by atoms with E-state index in [-0.39, 0.29) is 13.2 Å². The van der Waals surface area contributed by atoms with Crippen LogP contribution in [0.2, 0.25) is 0 Å². The molecule has 0 radical (unpaired) electrons. The normalized spacial score (nSPS) is 18.6. The molecule has 0 heterocycles. The van der Waals surface area contributed by atoms with Gasteiger partial charge in [-0.15, -0.1) is 0 Å². The summed E-state index contributed by atoms with van der Waals surface area (Å²) in [7, 11) is -2.52. The van der Waals surface area contributed by atoms with E-state index in [0.29, 0.717) is 0 Å². The fraction of sp³-hybridized carbons (Fsp3) is 0.929. The summed E-state index contributed by atoms with van der Waals surface area (Å²) in [5.74, 6) is 3.61. The van der Waals surface area contributed by atoms with E-state index in [1.807, 2.05) is 20.8 Å². The van der Waals surface area contributed by atoms with Crippen molar-refractivity contribution in [2.24, 2.45) is 5.41 Å². The minimum absolute atomic E-state index is 0.130. The van der Waals surface area contributed by atoms with E-state index in [1.54, 1.807) is 4.31 Å². The van der Waals surface area contributed by atoms with Crippen LogP contribution in [0.15, 0.2) is 0 Å². The molecule has 0 spiro atoms. The van der Waals surface area contributed by atoms with Gasteiger partial charge in [0, 0.05) is 28.0 Å². The third kappa shape index (κ3) is 7.02. The van der Waals surface area contributed by atoms with Crippen molar-refractivity contribution < 1.29 is 22.1 Å². The Kier molecular flexibility index (Phi) is 6.38. The van der Waals surface area contributed by atoms with E-state index in [9.17, 15) is 17.4 Å². The number of hydrogen-bond acceptors (Lipinski definition) is 2. The highest BCUT2D eigenvalue weighted by Crippen LogP contribution is 2.35. The number of halogens is 3. The molecular weight excluding hydrogens is 303 g/mol. The first-order valence-electron chi connectivity index (χ1n) is 6.75. The van der Waals surface area contributed by atoms with Crippen molar-refractivity contribution in [1.82, 2.24) is 4.31 Å². The maximum atomic E-state index is 13.0. The molecule has 0 saturated carbocycles. The molecule has 0 aromatic heterocycles. The summed E-state index contributed by atoms with van der Waals surface area (Å²) in [6.45, 7) is 9.94. The first-order valence-corrected chi connectivity index (χ1v) is 8.85. The highest BCUT2D eigenvalue weighted by atomic mass is 32.2. The van der Waals surface area contributed by atoms with Crippen molar-refractivity contribution in [3.63, 3.8) is 0 Å². The Morgan fingerprint density at radius 3 is 1.81 bits per heavy atom. The standard InChI is InChI=1S/C14H28F3NO2S/c1-12(2,3)11(14(15,16)17)20-10-9-18(13(4,5)6)21(7,8)19/h11H,7,9-10H2,1-6,8H3. The van der Waals surface area contributed by atoms with Gasteiger partial charge in [-0.25, -0.2) is 4.31 Å². The van der Waals surface area contributed by atoms with Gasteiger partial charge in [0.2, 0.25) is 0 Å². The molecular formula is C14H28F3NO2S. The van der Waals surface area contributed by atoms with Gasteiger partial charge in [0.15, 0.2) is 6.10 Å². The Bertz CT molecular complexity index is 417. The fourth-order valence-corrected chi connectivity index (χ4v) is 3.82. The van der Waals surface area contributed by atoms with Gasteiger partial charge >= 0.3 is 6.18 Å². The molecule has 3 nitrogen and oxygen atoms in total. The van der Waals surface area contributed by atoms with E-state index in [4.69, 9.17) is 4.74 Å². The minimum Gasteiger partial charge on any atom is -0.367 e. The number of alkyl halides is 3. The van der Waals surface area contributed by atoms with Crippen LogP contribution in [-0.2, 0) is 14.4 Å². The maximum Gasteiger partial charge on any atom is 0.415 e. The zero-order valence-electron chi connectivity index (χ0n) is 14.0. The quantitative estimate of drug-likeness (QED) is 0.723. The first-order chi connectivity index (χ1) is 8.97. The second-order valence-corrected chi connectivity index (χ2v) is 9.75. The van der Waals surface area contributed by atoms with E-state index in [2.05, 4.69) is 5.87 Å². The SMILES string of the molecule is C=S(C)(=O)N(CCOC(C(C)(C)C)C(F)(F)F)C(C)(C)C. The minimum atomic E-state index is -4.43. The Morgan fingerprint density at radius 1 is 1.14 bits per heavy atom. The lowest BCUT2D eigenvalue weighted by Gasteiger charge is -2.37. The van der Waals surface area contributed by atoms with E-state index in [1.165, 1.54) is 27.0 Å². The van der Waals surface area contributed by atoms with E-state index < -0.39 is 32.9 Å². The summed E-state index contributed by atoms with van der Waals surface area (Å²) >= 11 is 0. The van der Waals surface area contributed by atoms with Crippen LogP contribution in [0.5, 0.6) is 0 Å². The van der Waals surface area contributed by atoms with Gasteiger partial charge < -0.3 is 4.74 Å². The van der Waals surface area contributed by atoms with Gasteiger partial charge in [-0.2, -0.15) is 13.2 Å². The lowest BCUT2D eigenvalue weighted by molar-refractivity contribution is -0.248. The molecule has 0 aliphatic carbocycles. The molecule has 128 valence electrons. The van der Waals surface area contributed by atoms with Crippen LogP contribution in [0, 0.1) is 5.41 Å². The van der Waals surface area contributed by atoms with Gasteiger partial charge in [0.05, 0.1) is 6.61 Å². The van der Waals surface area contributed by atoms with Crippen LogP contribution in [0.25, 0.3) is 0 Å². The lowest BCUT2D eigenvalue weighted by Crippen LogP contribution is -2.48. The third-order valence-corrected chi connectivity index (χ3v) is 4.54. The zero-order chi connectivity index (χ0) is 17.3. The van der Waals surface area contributed by atoms with Gasteiger partial charge in [0.1, 0.15) is 0 Å². The predicted octanol–water partition coefficient (Wildman–Crippen LogP) is 3.34. The molecule has 0 amide bonds. The topological polar surface area (TPSA) is 29.5 Å². The zero-order valence-corrected chi connectivity index (χ0v) is 14.8. The summed E-state index contributed by atoms with van der Waals surface area (Å²) < 4.78 is 57.8. The van der Waals surface area contributed by atoms with Crippen molar-refractivity contribution in [2.75, 3.05) is 19.4 Å². The second-order valence-electron chi connectivity index (χ2n) is 7.39. The molecule has 0 bridgehead atoms. The van der Waals surface area contributed by atoms with E-state index in [0.717, 1.165) is 0 Å². The number of nitrogens with zero attached hydrogens (tertiary/aromatic N) is 1. The van der Waals surface area contributed by atoms with Gasteiger partial charge in [0.25, 0.3) is 0 Å². The van der Waals surface area contributed by atoms with Crippen LogP contribution in [0.1, 0.15) is 41.5 Å². The molecule has 2 atom stereocenters. The Morgan fingerprint density at radius 2 is 1.57 bits per heavy atom. The molecule has 0 fully saturated rings. The first kappa shape index (κ1) is 20.7. The van der Waals surface area contributed by atoms with Crippen LogP contribution >= 0.6 is 0 Å². The van der Waals surface area contributed by atoms with Gasteiger partial charge in [-0.1, -0.05) is 20.8 Å². The molecule has 0 N–H and O–H groups in total. The highest BCUT2D eigenvalue weighted by Gasteiger charge is 2.48. The smallest absolute Gasteiger partial charge is 0.367 e. The molecule has 21 heavy (non-hydrogen) atoms. The predicted molar refractivity (Wildman–Crippen MR) is 82.9 cm³/mol. The number of rotatable bonds is 5. The molecule has 7 heteroatoms. The molecule has 0 rings (SSSR count). The van der Waals surface area contributed by atoms with Crippen LogP contribution in [-0.4, -0.2) is 51.6 Å². The third-order valence-electron chi connectivity index (χ3n) is 2.88. The van der Waals surface area contributed by atoms with Crippen molar-refractivity contribution in [3.8, 4) is 0 Å². The Hall–Kier alpha value is -0.270. The Labute approximate surface area is 127 Å². The van der Waals surface area contributed by atoms with Crippen molar-refractivity contribution >= 4 is 15.6 Å². The molecule has 0 aromatic rings. The van der Waals surface area contributed by atoms with Gasteiger partial charge in [-0.05, 0) is 32.1 Å². The largest absolute Gasteiger partial charge is 0.415 e. The van der Waals surface area contributed by atoms with Crippen molar-refractivity contribution in [3.05, 3.63) is 0 Å². The summed E-state index contributed by atoms with van der Waals surface area (Å²) in [5, 5.41) is 0. The summed E-state index contributed by atoms with van der Waals surface area (Å²) in [5.41, 5.74) is -1.52.